The Morgan fingerprint density at radius 2 is 2.00 bits per heavy atom. The van der Waals surface area contributed by atoms with Crippen molar-refractivity contribution in [2.45, 2.75) is 44.2 Å². The minimum atomic E-state index is -4.27. The van der Waals surface area contributed by atoms with Crippen LogP contribution in [-0.4, -0.2) is 34.6 Å². The highest BCUT2D eigenvalue weighted by atomic mass is 19.4. The lowest BCUT2D eigenvalue weighted by Gasteiger charge is -2.06. The molecule has 18 heavy (non-hydrogen) atoms. The van der Waals surface area contributed by atoms with Crippen LogP contribution in [0.2, 0.25) is 0 Å². The van der Waals surface area contributed by atoms with Crippen molar-refractivity contribution in [3.8, 4) is 0 Å². The summed E-state index contributed by atoms with van der Waals surface area (Å²) in [5.41, 5.74) is 0. The van der Waals surface area contributed by atoms with Gasteiger partial charge in [0.05, 0.1) is 6.61 Å². The van der Waals surface area contributed by atoms with Gasteiger partial charge >= 0.3 is 6.18 Å². The molecule has 0 amide bonds. The van der Waals surface area contributed by atoms with Crippen molar-refractivity contribution >= 4 is 0 Å². The van der Waals surface area contributed by atoms with Crippen LogP contribution in [-0.2, 0) is 11.2 Å². The van der Waals surface area contributed by atoms with E-state index in [1.807, 2.05) is 0 Å². The highest BCUT2D eigenvalue weighted by Crippen LogP contribution is 2.31. The van der Waals surface area contributed by atoms with Gasteiger partial charge in [-0.05, 0) is 12.8 Å². The van der Waals surface area contributed by atoms with Crippen molar-refractivity contribution in [3.05, 3.63) is 11.6 Å². The van der Waals surface area contributed by atoms with Crippen LogP contribution < -0.4 is 0 Å². The number of alkyl halides is 3. The van der Waals surface area contributed by atoms with E-state index in [1.165, 1.54) is 12.8 Å². The van der Waals surface area contributed by atoms with E-state index >= 15 is 0 Å². The molecule has 0 atom stereocenters. The first-order valence-corrected chi connectivity index (χ1v) is 6.10. The summed E-state index contributed by atoms with van der Waals surface area (Å²) in [7, 11) is 0. The molecule has 0 radical (unpaired) electrons. The summed E-state index contributed by atoms with van der Waals surface area (Å²) in [6.07, 6.45) is 0.655. The molecule has 1 aromatic heterocycles. The van der Waals surface area contributed by atoms with E-state index in [0.717, 1.165) is 18.7 Å². The van der Waals surface area contributed by atoms with E-state index in [-0.39, 0.29) is 6.61 Å². The molecule has 0 unspecified atom stereocenters. The molecule has 1 aliphatic rings. The lowest BCUT2D eigenvalue weighted by Crippen LogP contribution is -2.18. The molecule has 1 saturated carbocycles. The summed E-state index contributed by atoms with van der Waals surface area (Å²) in [4.78, 5) is 4.30. The number of H-pyrrole nitrogens is 1. The monoisotopic (exact) mass is 263 g/mol. The molecule has 0 aliphatic heterocycles. The van der Waals surface area contributed by atoms with E-state index in [2.05, 4.69) is 19.9 Å². The second kappa shape index (κ2) is 5.69. The zero-order chi connectivity index (χ0) is 13.0. The van der Waals surface area contributed by atoms with Gasteiger partial charge in [-0.3, -0.25) is 5.10 Å². The molecule has 4 nitrogen and oxygen atoms in total. The fraction of sp³-hybridized carbons (Fsp3) is 0.818. The minimum absolute atomic E-state index is 0.00118. The van der Waals surface area contributed by atoms with Crippen LogP contribution in [0.25, 0.3) is 0 Å². The molecule has 0 spiro atoms. The minimum Gasteiger partial charge on any atom is -0.372 e. The number of aromatic nitrogens is 3. The smallest absolute Gasteiger partial charge is 0.372 e. The van der Waals surface area contributed by atoms with Crippen molar-refractivity contribution in [1.82, 2.24) is 15.2 Å². The highest BCUT2D eigenvalue weighted by molar-refractivity contribution is 5.00. The zero-order valence-corrected chi connectivity index (χ0v) is 9.96. The molecule has 1 N–H and O–H groups in total. The molecule has 2 rings (SSSR count). The molecule has 7 heteroatoms. The first kappa shape index (κ1) is 13.3. The Morgan fingerprint density at radius 3 is 2.67 bits per heavy atom. The van der Waals surface area contributed by atoms with Crippen LogP contribution in [0, 0.1) is 0 Å². The third-order valence-electron chi connectivity index (χ3n) is 3.02. The quantitative estimate of drug-likeness (QED) is 0.831. The van der Waals surface area contributed by atoms with E-state index in [4.69, 9.17) is 0 Å². The van der Waals surface area contributed by atoms with Gasteiger partial charge < -0.3 is 4.74 Å². The second-order valence-corrected chi connectivity index (χ2v) is 4.54. The Bertz CT molecular complexity index is 372. The molecule has 1 heterocycles. The van der Waals surface area contributed by atoms with Gasteiger partial charge in [-0.1, -0.05) is 12.8 Å². The molecular formula is C11H16F3N3O. The van der Waals surface area contributed by atoms with Crippen LogP contribution in [0.3, 0.4) is 0 Å². The first-order chi connectivity index (χ1) is 8.54. The standard InChI is InChI=1S/C11H16F3N3O/c12-11(13,14)7-18-6-5-9-15-10(17-16-9)8-3-1-2-4-8/h8H,1-7H2,(H,15,16,17). The molecule has 0 saturated heterocycles. The molecule has 0 aromatic carbocycles. The average Bonchev–Trinajstić information content (AvgIpc) is 2.93. The Labute approximate surface area is 103 Å². The molecular weight excluding hydrogens is 247 g/mol. The number of nitrogens with zero attached hydrogens (tertiary/aromatic N) is 2. The Kier molecular flexibility index (Phi) is 4.21. The maximum Gasteiger partial charge on any atom is 0.411 e. The number of hydrogen-bond acceptors (Lipinski definition) is 3. The van der Waals surface area contributed by atoms with Crippen LogP contribution in [0.5, 0.6) is 0 Å². The lowest BCUT2D eigenvalue weighted by molar-refractivity contribution is -0.173. The summed E-state index contributed by atoms with van der Waals surface area (Å²) < 4.78 is 40.0. The topological polar surface area (TPSA) is 50.8 Å². The SMILES string of the molecule is FC(F)(F)COCCc1nc(C2CCCC2)n[nH]1. The fourth-order valence-electron chi connectivity index (χ4n) is 2.15. The Hall–Kier alpha value is -1.11. The van der Waals surface area contributed by atoms with Crippen molar-refractivity contribution in [1.29, 1.82) is 0 Å². The predicted octanol–water partition coefficient (Wildman–Crippen LogP) is 2.58. The summed E-state index contributed by atoms with van der Waals surface area (Å²) in [6, 6.07) is 0. The number of halogens is 3. The van der Waals surface area contributed by atoms with Gasteiger partial charge in [-0.25, -0.2) is 4.98 Å². The summed E-state index contributed by atoms with van der Waals surface area (Å²) in [6.45, 7) is -1.21. The van der Waals surface area contributed by atoms with Crippen LogP contribution in [0.1, 0.15) is 43.3 Å². The normalized spacial score (nSPS) is 17.5. The van der Waals surface area contributed by atoms with Gasteiger partial charge in [0, 0.05) is 12.3 Å². The third-order valence-corrected chi connectivity index (χ3v) is 3.02. The van der Waals surface area contributed by atoms with Crippen LogP contribution in [0.4, 0.5) is 13.2 Å². The van der Waals surface area contributed by atoms with Gasteiger partial charge in [-0.15, -0.1) is 0 Å². The van der Waals surface area contributed by atoms with E-state index in [9.17, 15) is 13.2 Å². The summed E-state index contributed by atoms with van der Waals surface area (Å²) in [5, 5.41) is 6.87. The van der Waals surface area contributed by atoms with Crippen LogP contribution >= 0.6 is 0 Å². The van der Waals surface area contributed by atoms with Crippen molar-refractivity contribution in [3.63, 3.8) is 0 Å². The summed E-state index contributed by atoms with van der Waals surface area (Å²) >= 11 is 0. The molecule has 0 bridgehead atoms. The van der Waals surface area contributed by atoms with Crippen LogP contribution in [0.15, 0.2) is 0 Å². The Morgan fingerprint density at radius 1 is 1.28 bits per heavy atom. The van der Waals surface area contributed by atoms with Gasteiger partial charge in [0.1, 0.15) is 12.4 Å². The maximum atomic E-state index is 11.8. The molecule has 102 valence electrons. The largest absolute Gasteiger partial charge is 0.411 e. The highest BCUT2D eigenvalue weighted by Gasteiger charge is 2.27. The van der Waals surface area contributed by atoms with Gasteiger partial charge in [-0.2, -0.15) is 18.3 Å². The third kappa shape index (κ3) is 3.97. The molecule has 1 aliphatic carbocycles. The number of nitrogens with one attached hydrogen (secondary N) is 1. The van der Waals surface area contributed by atoms with Gasteiger partial charge in [0.15, 0.2) is 5.82 Å². The first-order valence-electron chi connectivity index (χ1n) is 6.10. The second-order valence-electron chi connectivity index (χ2n) is 4.54. The maximum absolute atomic E-state index is 11.8. The lowest BCUT2D eigenvalue weighted by atomic mass is 10.1. The number of rotatable bonds is 5. The van der Waals surface area contributed by atoms with Gasteiger partial charge in [0.2, 0.25) is 0 Å². The molecule has 1 aromatic rings. The Balaban J connectivity index is 1.73. The van der Waals surface area contributed by atoms with E-state index in [0.29, 0.717) is 18.2 Å². The average molecular weight is 263 g/mol. The van der Waals surface area contributed by atoms with E-state index in [1.54, 1.807) is 0 Å². The zero-order valence-electron chi connectivity index (χ0n) is 9.96. The summed E-state index contributed by atoms with van der Waals surface area (Å²) in [5.74, 6) is 1.79. The number of hydrogen-bond donors (Lipinski definition) is 1. The van der Waals surface area contributed by atoms with Crippen molar-refractivity contribution in [2.24, 2.45) is 0 Å². The molecule has 1 fully saturated rings. The van der Waals surface area contributed by atoms with Crippen molar-refractivity contribution < 1.29 is 17.9 Å². The van der Waals surface area contributed by atoms with Crippen molar-refractivity contribution in [2.75, 3.05) is 13.2 Å². The number of ether oxygens (including phenoxy) is 1. The van der Waals surface area contributed by atoms with E-state index < -0.39 is 12.8 Å². The predicted molar refractivity (Wildman–Crippen MR) is 58.2 cm³/mol. The van der Waals surface area contributed by atoms with Gasteiger partial charge in [0.25, 0.3) is 0 Å². The fourth-order valence-corrected chi connectivity index (χ4v) is 2.15. The number of aromatic amines is 1.